The number of anilines is 1. The van der Waals surface area contributed by atoms with Crippen molar-refractivity contribution in [2.24, 2.45) is 0 Å². The van der Waals surface area contributed by atoms with E-state index in [0.29, 0.717) is 28.6 Å². The summed E-state index contributed by atoms with van der Waals surface area (Å²) >= 11 is 6.22. The summed E-state index contributed by atoms with van der Waals surface area (Å²) in [5.41, 5.74) is 4.76. The molecule has 0 aromatic heterocycles. The monoisotopic (exact) mass is 604 g/mol. The fraction of sp³-hybridized carbons (Fsp3) is 0.135. The molecule has 1 unspecified atom stereocenters. The van der Waals surface area contributed by atoms with Gasteiger partial charge in [0, 0.05) is 29.2 Å². The zero-order valence-corrected chi connectivity index (χ0v) is 24.8. The molecule has 0 spiro atoms. The first-order chi connectivity index (χ1) is 21.5. The molecule has 44 heavy (non-hydrogen) atoms. The molecule has 5 aromatic carbocycles. The highest BCUT2D eigenvalue weighted by Gasteiger charge is 2.23. The summed E-state index contributed by atoms with van der Waals surface area (Å²) in [4.78, 5) is 25.5. The van der Waals surface area contributed by atoms with Crippen LogP contribution >= 0.6 is 11.6 Å². The molecule has 0 saturated heterocycles. The molecule has 3 N–H and O–H groups in total. The lowest BCUT2D eigenvalue weighted by molar-refractivity contribution is -0.139. The van der Waals surface area contributed by atoms with Crippen molar-refractivity contribution in [2.75, 3.05) is 11.9 Å². The first-order valence-electron chi connectivity index (χ1n) is 14.5. The highest BCUT2D eigenvalue weighted by Crippen LogP contribution is 2.33. The molecular weight excluding hydrogens is 572 g/mol. The minimum absolute atomic E-state index is 0.115. The number of aryl methyl sites for hydroxylation is 1. The molecule has 0 bridgehead atoms. The summed E-state index contributed by atoms with van der Waals surface area (Å²) in [7, 11) is 0. The summed E-state index contributed by atoms with van der Waals surface area (Å²) in [5, 5.41) is 16.4. The van der Waals surface area contributed by atoms with E-state index in [9.17, 15) is 14.7 Å². The van der Waals surface area contributed by atoms with Crippen LogP contribution in [0.1, 0.15) is 27.9 Å². The molecule has 0 saturated carbocycles. The Bertz CT molecular complexity index is 1690. The predicted octanol–water partition coefficient (Wildman–Crippen LogP) is 8.27. The molecule has 0 fully saturated rings. The van der Waals surface area contributed by atoms with E-state index in [2.05, 4.69) is 22.8 Å². The normalized spacial score (nSPS) is 11.4. The van der Waals surface area contributed by atoms with Gasteiger partial charge in [0.2, 0.25) is 0 Å². The largest absolute Gasteiger partial charge is 0.480 e. The second kappa shape index (κ2) is 14.9. The first-order valence-corrected chi connectivity index (χ1v) is 14.9. The standard InChI is InChI=1S/C37H33ClN2O4/c38-29-21-22-33(39-23-9-12-26-10-3-1-4-11-26)32(25-29)36(41)40-34(37(42)43)24-27-17-19-28(20-18-27)31-15-7-8-16-35(31)44-30-13-5-2-6-14-30/h1-8,10-11,13-22,25,34,39H,9,12,23-24H2,(H,40,41)(H,42,43). The third-order valence-corrected chi connectivity index (χ3v) is 7.43. The molecule has 0 aliphatic carbocycles. The number of hydrogen-bond donors (Lipinski definition) is 3. The fourth-order valence-electron chi connectivity index (χ4n) is 4.92. The minimum Gasteiger partial charge on any atom is -0.480 e. The number of nitrogens with one attached hydrogen (secondary N) is 2. The van der Waals surface area contributed by atoms with Gasteiger partial charge in [-0.1, -0.05) is 103 Å². The van der Waals surface area contributed by atoms with E-state index in [1.165, 1.54) is 5.56 Å². The number of amides is 1. The molecule has 1 amide bonds. The number of rotatable bonds is 13. The van der Waals surface area contributed by atoms with Crippen molar-refractivity contribution < 1.29 is 19.4 Å². The van der Waals surface area contributed by atoms with Gasteiger partial charge in [-0.05, 0) is 65.9 Å². The maximum atomic E-state index is 13.3. The average molecular weight is 605 g/mol. The topological polar surface area (TPSA) is 87.7 Å². The van der Waals surface area contributed by atoms with Crippen molar-refractivity contribution in [3.05, 3.63) is 149 Å². The second-order valence-electron chi connectivity index (χ2n) is 10.4. The Morgan fingerprint density at radius 1 is 0.773 bits per heavy atom. The summed E-state index contributed by atoms with van der Waals surface area (Å²) in [6, 6.07) is 39.0. The summed E-state index contributed by atoms with van der Waals surface area (Å²) in [6.45, 7) is 0.644. The van der Waals surface area contributed by atoms with E-state index in [1.54, 1.807) is 18.2 Å². The van der Waals surface area contributed by atoms with Crippen LogP contribution in [0.15, 0.2) is 127 Å². The van der Waals surface area contributed by atoms with Crippen molar-refractivity contribution in [3.8, 4) is 22.6 Å². The highest BCUT2D eigenvalue weighted by atomic mass is 35.5. The molecule has 5 rings (SSSR count). The minimum atomic E-state index is -1.13. The fourth-order valence-corrected chi connectivity index (χ4v) is 5.09. The lowest BCUT2D eigenvalue weighted by Gasteiger charge is -2.18. The van der Waals surface area contributed by atoms with Crippen LogP contribution in [-0.2, 0) is 17.6 Å². The lowest BCUT2D eigenvalue weighted by atomic mass is 9.99. The number of carbonyl (C=O) groups excluding carboxylic acids is 1. The van der Waals surface area contributed by atoms with Crippen molar-refractivity contribution in [3.63, 3.8) is 0 Å². The molecule has 5 aromatic rings. The average Bonchev–Trinajstić information content (AvgIpc) is 3.05. The van der Waals surface area contributed by atoms with Crippen molar-refractivity contribution >= 4 is 29.2 Å². The van der Waals surface area contributed by atoms with Gasteiger partial charge in [0.05, 0.1) is 5.56 Å². The van der Waals surface area contributed by atoms with E-state index < -0.39 is 17.9 Å². The number of aliphatic carboxylic acids is 1. The smallest absolute Gasteiger partial charge is 0.326 e. The van der Waals surface area contributed by atoms with Crippen LogP contribution in [0.25, 0.3) is 11.1 Å². The van der Waals surface area contributed by atoms with E-state index in [1.807, 2.05) is 97.1 Å². The van der Waals surface area contributed by atoms with Gasteiger partial charge in [0.25, 0.3) is 5.91 Å². The van der Waals surface area contributed by atoms with Crippen molar-refractivity contribution in [1.82, 2.24) is 5.32 Å². The Kier molecular flexibility index (Phi) is 10.3. The number of halogens is 1. The molecule has 0 heterocycles. The van der Waals surface area contributed by atoms with E-state index in [4.69, 9.17) is 16.3 Å². The van der Waals surface area contributed by atoms with Gasteiger partial charge in [0.1, 0.15) is 17.5 Å². The van der Waals surface area contributed by atoms with Gasteiger partial charge in [-0.2, -0.15) is 0 Å². The van der Waals surface area contributed by atoms with Gasteiger partial charge in [0.15, 0.2) is 0 Å². The van der Waals surface area contributed by atoms with Crippen LogP contribution in [0, 0.1) is 0 Å². The maximum absolute atomic E-state index is 13.3. The molecule has 0 aliphatic rings. The number of carboxylic acid groups (broad SMARTS) is 1. The number of ether oxygens (including phenoxy) is 1. The van der Waals surface area contributed by atoms with Gasteiger partial charge < -0.3 is 20.5 Å². The second-order valence-corrected chi connectivity index (χ2v) is 10.8. The molecule has 1 atom stereocenters. The highest BCUT2D eigenvalue weighted by molar-refractivity contribution is 6.31. The van der Waals surface area contributed by atoms with Gasteiger partial charge in [-0.15, -0.1) is 0 Å². The number of benzene rings is 5. The van der Waals surface area contributed by atoms with Gasteiger partial charge in [-0.25, -0.2) is 4.79 Å². The molecule has 7 heteroatoms. The third-order valence-electron chi connectivity index (χ3n) is 7.19. The van der Waals surface area contributed by atoms with Crippen LogP contribution in [0.2, 0.25) is 5.02 Å². The summed E-state index contributed by atoms with van der Waals surface area (Å²) < 4.78 is 6.11. The number of hydrogen-bond acceptors (Lipinski definition) is 4. The van der Waals surface area contributed by atoms with Crippen LogP contribution in [0.5, 0.6) is 11.5 Å². The molecule has 222 valence electrons. The van der Waals surface area contributed by atoms with E-state index >= 15 is 0 Å². The van der Waals surface area contributed by atoms with E-state index in [-0.39, 0.29) is 6.42 Å². The Morgan fingerprint density at radius 2 is 1.45 bits per heavy atom. The van der Waals surface area contributed by atoms with Crippen molar-refractivity contribution in [2.45, 2.75) is 25.3 Å². The SMILES string of the molecule is O=C(NC(Cc1ccc(-c2ccccc2Oc2ccccc2)cc1)C(=O)O)c1cc(Cl)ccc1NCCCc1ccccc1. The number of carboxylic acids is 1. The van der Waals surface area contributed by atoms with Crippen LogP contribution in [-0.4, -0.2) is 29.6 Å². The Labute approximate surface area is 262 Å². The lowest BCUT2D eigenvalue weighted by Crippen LogP contribution is -2.42. The number of carbonyl (C=O) groups is 2. The summed E-state index contributed by atoms with van der Waals surface area (Å²) in [6.07, 6.45) is 1.88. The molecule has 0 radical (unpaired) electrons. The maximum Gasteiger partial charge on any atom is 0.326 e. The molecular formula is C37H33ClN2O4. The third kappa shape index (κ3) is 8.27. The quantitative estimate of drug-likeness (QED) is 0.118. The van der Waals surface area contributed by atoms with Gasteiger partial charge in [-0.3, -0.25) is 4.79 Å². The Hall–Kier alpha value is -5.07. The first kappa shape index (κ1) is 30.4. The van der Waals surface area contributed by atoms with Gasteiger partial charge >= 0.3 is 5.97 Å². The summed E-state index contributed by atoms with van der Waals surface area (Å²) in [5.74, 6) is -0.174. The number of para-hydroxylation sites is 2. The van der Waals surface area contributed by atoms with E-state index in [0.717, 1.165) is 35.3 Å². The van der Waals surface area contributed by atoms with Crippen LogP contribution in [0.4, 0.5) is 5.69 Å². The zero-order chi connectivity index (χ0) is 30.7. The molecule has 0 aliphatic heterocycles. The van der Waals surface area contributed by atoms with Crippen LogP contribution < -0.4 is 15.4 Å². The van der Waals surface area contributed by atoms with Crippen molar-refractivity contribution in [1.29, 1.82) is 0 Å². The molecule has 6 nitrogen and oxygen atoms in total. The Balaban J connectivity index is 1.24. The van der Waals surface area contributed by atoms with Crippen LogP contribution in [0.3, 0.4) is 0 Å². The zero-order valence-electron chi connectivity index (χ0n) is 24.1. The predicted molar refractivity (Wildman–Crippen MR) is 176 cm³/mol. The Morgan fingerprint density at radius 3 is 2.18 bits per heavy atom.